The van der Waals surface area contributed by atoms with Crippen molar-refractivity contribution in [3.63, 3.8) is 0 Å². The molecule has 4 rings (SSSR count). The third-order valence-corrected chi connectivity index (χ3v) is 5.79. The molecule has 0 bridgehead atoms. The second-order valence-electron chi connectivity index (χ2n) is 7.90. The van der Waals surface area contributed by atoms with Crippen molar-refractivity contribution in [2.45, 2.75) is 6.18 Å². The maximum absolute atomic E-state index is 12.9. The zero-order valence-electron chi connectivity index (χ0n) is 17.3. The van der Waals surface area contributed by atoms with Gasteiger partial charge in [0, 0.05) is 57.9 Å². The highest BCUT2D eigenvalue weighted by molar-refractivity contribution is 5.94. The number of carbonyl (C=O) groups is 1. The van der Waals surface area contributed by atoms with E-state index in [1.807, 2.05) is 17.0 Å². The molecule has 0 unspecified atom stereocenters. The van der Waals surface area contributed by atoms with Crippen LogP contribution in [0.25, 0.3) is 0 Å². The molecule has 0 spiro atoms. The van der Waals surface area contributed by atoms with Crippen LogP contribution in [0.5, 0.6) is 0 Å². The van der Waals surface area contributed by atoms with E-state index in [1.54, 1.807) is 4.90 Å². The van der Waals surface area contributed by atoms with Crippen LogP contribution in [0.15, 0.2) is 36.4 Å². The number of piperazine rings is 2. The first-order valence-corrected chi connectivity index (χ1v) is 10.3. The Kier molecular flexibility index (Phi) is 5.99. The molecule has 0 saturated carbocycles. The largest absolute Gasteiger partial charge is 0.416 e. The molecule has 31 heavy (non-hydrogen) atoms. The number of halogens is 3. The van der Waals surface area contributed by atoms with Crippen molar-refractivity contribution in [1.82, 2.24) is 20.0 Å². The summed E-state index contributed by atoms with van der Waals surface area (Å²) in [7, 11) is 2.10. The lowest BCUT2D eigenvalue weighted by atomic mass is 10.1. The van der Waals surface area contributed by atoms with Crippen LogP contribution in [-0.4, -0.2) is 85.3 Å². The molecular formula is C21H25F3N6O. The SMILES string of the molecule is CN1CCN(c2ccc(N3CCN(C(=O)c4cccc(C(F)(F)F)c4)CC3)nn2)CC1. The highest BCUT2D eigenvalue weighted by atomic mass is 19.4. The van der Waals surface area contributed by atoms with Crippen LogP contribution in [0.4, 0.5) is 24.8 Å². The van der Waals surface area contributed by atoms with Crippen LogP contribution in [0.2, 0.25) is 0 Å². The van der Waals surface area contributed by atoms with E-state index in [-0.39, 0.29) is 11.5 Å². The quantitative estimate of drug-likeness (QED) is 0.739. The smallest absolute Gasteiger partial charge is 0.353 e. The van der Waals surface area contributed by atoms with Gasteiger partial charge in [-0.3, -0.25) is 4.79 Å². The Balaban J connectivity index is 1.35. The van der Waals surface area contributed by atoms with Gasteiger partial charge < -0.3 is 19.6 Å². The van der Waals surface area contributed by atoms with Gasteiger partial charge in [-0.2, -0.15) is 13.2 Å². The minimum atomic E-state index is -4.47. The Labute approximate surface area is 179 Å². The maximum Gasteiger partial charge on any atom is 0.416 e. The van der Waals surface area contributed by atoms with Crippen molar-refractivity contribution >= 4 is 17.5 Å². The average Bonchev–Trinajstić information content (AvgIpc) is 2.79. The minimum Gasteiger partial charge on any atom is -0.353 e. The maximum atomic E-state index is 12.9. The van der Waals surface area contributed by atoms with Crippen LogP contribution in [-0.2, 0) is 6.18 Å². The lowest BCUT2D eigenvalue weighted by molar-refractivity contribution is -0.137. The molecule has 2 aliphatic rings. The number of nitrogens with zero attached hydrogens (tertiary/aromatic N) is 6. The van der Waals surface area contributed by atoms with E-state index in [0.29, 0.717) is 26.2 Å². The molecule has 1 aromatic carbocycles. The molecule has 0 atom stereocenters. The summed E-state index contributed by atoms with van der Waals surface area (Å²) in [6.45, 7) is 5.74. The number of likely N-dealkylation sites (N-methyl/N-ethyl adjacent to an activating group) is 1. The van der Waals surface area contributed by atoms with E-state index in [9.17, 15) is 18.0 Å². The van der Waals surface area contributed by atoms with Crippen molar-refractivity contribution in [2.24, 2.45) is 0 Å². The van der Waals surface area contributed by atoms with Gasteiger partial charge in [-0.25, -0.2) is 0 Å². The highest BCUT2D eigenvalue weighted by Crippen LogP contribution is 2.30. The van der Waals surface area contributed by atoms with Gasteiger partial charge >= 0.3 is 6.18 Å². The Morgan fingerprint density at radius 3 is 1.90 bits per heavy atom. The van der Waals surface area contributed by atoms with E-state index >= 15 is 0 Å². The Bertz CT molecular complexity index is 904. The van der Waals surface area contributed by atoms with Crippen LogP contribution < -0.4 is 9.80 Å². The molecule has 3 heterocycles. The fourth-order valence-corrected chi connectivity index (χ4v) is 3.84. The summed E-state index contributed by atoms with van der Waals surface area (Å²) in [6, 6.07) is 8.48. The predicted octanol–water partition coefficient (Wildman–Crippen LogP) is 2.21. The summed E-state index contributed by atoms with van der Waals surface area (Å²) in [5, 5.41) is 8.72. The van der Waals surface area contributed by atoms with Crippen LogP contribution in [0.1, 0.15) is 15.9 Å². The number of benzene rings is 1. The third-order valence-electron chi connectivity index (χ3n) is 5.79. The van der Waals surface area contributed by atoms with Gasteiger partial charge in [-0.05, 0) is 37.4 Å². The molecule has 2 aliphatic heterocycles. The molecule has 166 valence electrons. The number of anilines is 2. The first kappa shape index (κ1) is 21.4. The summed E-state index contributed by atoms with van der Waals surface area (Å²) >= 11 is 0. The van der Waals surface area contributed by atoms with Gasteiger partial charge in [0.2, 0.25) is 0 Å². The van der Waals surface area contributed by atoms with Crippen molar-refractivity contribution in [1.29, 1.82) is 0 Å². The number of aromatic nitrogens is 2. The van der Waals surface area contributed by atoms with Gasteiger partial charge in [0.05, 0.1) is 5.56 Å². The van der Waals surface area contributed by atoms with Gasteiger partial charge in [-0.15, -0.1) is 10.2 Å². The Morgan fingerprint density at radius 1 is 0.839 bits per heavy atom. The monoisotopic (exact) mass is 434 g/mol. The number of hydrogen-bond acceptors (Lipinski definition) is 6. The molecule has 2 saturated heterocycles. The normalized spacial score (nSPS) is 18.4. The Morgan fingerprint density at radius 2 is 1.39 bits per heavy atom. The lowest BCUT2D eigenvalue weighted by Crippen LogP contribution is -2.49. The first-order valence-electron chi connectivity index (χ1n) is 10.3. The second-order valence-corrected chi connectivity index (χ2v) is 7.90. The third kappa shape index (κ3) is 4.90. The van der Waals surface area contributed by atoms with Crippen molar-refractivity contribution in [3.8, 4) is 0 Å². The number of alkyl halides is 3. The summed E-state index contributed by atoms with van der Waals surface area (Å²) in [5.41, 5.74) is -0.757. The number of hydrogen-bond donors (Lipinski definition) is 0. The van der Waals surface area contributed by atoms with Crippen LogP contribution in [0.3, 0.4) is 0 Å². The van der Waals surface area contributed by atoms with Gasteiger partial charge in [0.15, 0.2) is 11.6 Å². The Hall–Kier alpha value is -2.88. The average molecular weight is 434 g/mol. The van der Waals surface area contributed by atoms with Gasteiger partial charge in [0.1, 0.15) is 0 Å². The molecule has 10 heteroatoms. The molecule has 0 N–H and O–H groups in total. The summed E-state index contributed by atoms with van der Waals surface area (Å²) in [6.07, 6.45) is -4.47. The van der Waals surface area contributed by atoms with E-state index < -0.39 is 11.7 Å². The van der Waals surface area contributed by atoms with Crippen LogP contribution in [0, 0.1) is 0 Å². The molecular weight excluding hydrogens is 409 g/mol. The topological polar surface area (TPSA) is 55.8 Å². The van der Waals surface area contributed by atoms with Gasteiger partial charge in [0.25, 0.3) is 5.91 Å². The van der Waals surface area contributed by atoms with Gasteiger partial charge in [-0.1, -0.05) is 6.07 Å². The van der Waals surface area contributed by atoms with E-state index in [2.05, 4.69) is 27.0 Å². The molecule has 7 nitrogen and oxygen atoms in total. The number of carbonyl (C=O) groups excluding carboxylic acids is 1. The standard InChI is InChI=1S/C21H25F3N6O/c1-27-7-9-28(10-8-27)18-5-6-19(26-25-18)29-11-13-30(14-12-29)20(31)16-3-2-4-17(15-16)21(22,23)24/h2-6,15H,7-14H2,1H3. The van der Waals surface area contributed by atoms with Crippen LogP contribution >= 0.6 is 0 Å². The summed E-state index contributed by atoms with van der Waals surface area (Å²) in [5.74, 6) is 1.21. The summed E-state index contributed by atoms with van der Waals surface area (Å²) < 4.78 is 38.8. The zero-order valence-corrected chi connectivity index (χ0v) is 17.3. The molecule has 2 fully saturated rings. The number of amides is 1. The molecule has 0 aliphatic carbocycles. The van der Waals surface area contributed by atoms with Crippen molar-refractivity contribution in [2.75, 3.05) is 69.2 Å². The second kappa shape index (κ2) is 8.70. The molecule has 2 aromatic rings. The number of rotatable bonds is 3. The lowest BCUT2D eigenvalue weighted by Gasteiger charge is -2.36. The highest BCUT2D eigenvalue weighted by Gasteiger charge is 2.32. The summed E-state index contributed by atoms with van der Waals surface area (Å²) in [4.78, 5) is 20.8. The molecule has 1 amide bonds. The minimum absolute atomic E-state index is 0.0552. The molecule has 1 aromatic heterocycles. The fourth-order valence-electron chi connectivity index (χ4n) is 3.84. The van der Waals surface area contributed by atoms with E-state index in [4.69, 9.17) is 0 Å². The zero-order chi connectivity index (χ0) is 22.0. The predicted molar refractivity (Wildman–Crippen MR) is 111 cm³/mol. The first-order chi connectivity index (χ1) is 14.8. The van der Waals surface area contributed by atoms with E-state index in [0.717, 1.165) is 49.9 Å². The van der Waals surface area contributed by atoms with Crippen molar-refractivity contribution in [3.05, 3.63) is 47.5 Å². The molecule has 0 radical (unpaired) electrons. The van der Waals surface area contributed by atoms with E-state index in [1.165, 1.54) is 12.1 Å². The fraction of sp³-hybridized carbons (Fsp3) is 0.476. The van der Waals surface area contributed by atoms with Crippen molar-refractivity contribution < 1.29 is 18.0 Å².